The van der Waals surface area contributed by atoms with E-state index in [1.165, 1.54) is 11.1 Å². The smallest absolute Gasteiger partial charge is 0.231 e. The van der Waals surface area contributed by atoms with E-state index in [9.17, 15) is 4.79 Å². The number of anilines is 1. The van der Waals surface area contributed by atoms with Gasteiger partial charge in [0.25, 0.3) is 0 Å². The van der Waals surface area contributed by atoms with Gasteiger partial charge in [-0.15, -0.1) is 0 Å². The molecule has 0 unspecified atom stereocenters. The monoisotopic (exact) mass is 203 g/mol. The van der Waals surface area contributed by atoms with Crippen molar-refractivity contribution in [2.75, 3.05) is 11.4 Å². The van der Waals surface area contributed by atoms with Crippen LogP contribution < -0.4 is 4.90 Å². The number of nitrogens with zero attached hydrogens (tertiary/aromatic N) is 1. The molecule has 15 heavy (non-hydrogen) atoms. The van der Waals surface area contributed by atoms with Crippen molar-refractivity contribution in [1.29, 1.82) is 0 Å². The highest BCUT2D eigenvalue weighted by molar-refractivity contribution is 6.02. The molecule has 2 rings (SSSR count). The van der Waals surface area contributed by atoms with Gasteiger partial charge in [-0.3, -0.25) is 4.79 Å². The lowest BCUT2D eigenvalue weighted by molar-refractivity contribution is -0.117. The van der Waals surface area contributed by atoms with Gasteiger partial charge in [-0.2, -0.15) is 0 Å². The normalized spacial score (nSPS) is 14.9. The van der Waals surface area contributed by atoms with Gasteiger partial charge in [0, 0.05) is 6.54 Å². The second-order valence-corrected chi connectivity index (χ2v) is 4.66. The first-order chi connectivity index (χ1) is 7.09. The molecule has 1 aromatic rings. The topological polar surface area (TPSA) is 20.3 Å². The molecule has 0 bridgehead atoms. The Hall–Kier alpha value is -1.31. The highest BCUT2D eigenvalue weighted by atomic mass is 16.2. The van der Waals surface area contributed by atoms with E-state index in [1.807, 2.05) is 11.0 Å². The summed E-state index contributed by atoms with van der Waals surface area (Å²) in [5.74, 6) is 0.757. The minimum absolute atomic E-state index is 0.244. The molecular weight excluding hydrogens is 186 g/mol. The number of carbonyl (C=O) groups excluding carboxylic acids is 1. The Labute approximate surface area is 90.9 Å². The van der Waals surface area contributed by atoms with Gasteiger partial charge in [0.05, 0.1) is 12.1 Å². The van der Waals surface area contributed by atoms with Gasteiger partial charge in [0.1, 0.15) is 0 Å². The summed E-state index contributed by atoms with van der Waals surface area (Å²) < 4.78 is 0. The number of para-hydroxylation sites is 1. The molecule has 0 radical (unpaired) electrons. The van der Waals surface area contributed by atoms with Crippen molar-refractivity contribution in [1.82, 2.24) is 0 Å². The van der Waals surface area contributed by atoms with E-state index in [-0.39, 0.29) is 5.91 Å². The van der Waals surface area contributed by atoms with Crippen molar-refractivity contribution in [3.05, 3.63) is 29.3 Å². The number of hydrogen-bond donors (Lipinski definition) is 0. The highest BCUT2D eigenvalue weighted by Crippen LogP contribution is 2.32. The number of benzene rings is 1. The molecule has 0 atom stereocenters. The standard InChI is InChI=1S/C13H17NO/c1-9(2)8-14-12(15)7-11-6-4-5-10(3)13(11)14/h4-6,9H,7-8H2,1-3H3. The maximum atomic E-state index is 11.8. The zero-order valence-corrected chi connectivity index (χ0v) is 9.58. The SMILES string of the molecule is Cc1cccc2c1N(CC(C)C)C(=O)C2. The van der Waals surface area contributed by atoms with E-state index in [0.717, 1.165) is 12.2 Å². The lowest BCUT2D eigenvalue weighted by Gasteiger charge is -2.21. The summed E-state index contributed by atoms with van der Waals surface area (Å²) in [6.45, 7) is 7.19. The number of amides is 1. The Morgan fingerprint density at radius 1 is 1.40 bits per heavy atom. The quantitative estimate of drug-likeness (QED) is 0.723. The summed E-state index contributed by atoms with van der Waals surface area (Å²) in [6, 6.07) is 6.16. The Bertz CT molecular complexity index is 396. The average Bonchev–Trinajstić information content (AvgIpc) is 2.43. The van der Waals surface area contributed by atoms with Gasteiger partial charge in [-0.1, -0.05) is 32.0 Å². The third-order valence-corrected chi connectivity index (χ3v) is 2.78. The lowest BCUT2D eigenvalue weighted by Crippen LogP contribution is -2.30. The number of hydrogen-bond acceptors (Lipinski definition) is 1. The van der Waals surface area contributed by atoms with Crippen LogP contribution in [0, 0.1) is 12.8 Å². The van der Waals surface area contributed by atoms with Crippen LogP contribution in [0.1, 0.15) is 25.0 Å². The largest absolute Gasteiger partial charge is 0.311 e. The lowest BCUT2D eigenvalue weighted by atomic mass is 10.1. The molecule has 1 amide bonds. The fraction of sp³-hybridized carbons (Fsp3) is 0.462. The van der Waals surface area contributed by atoms with E-state index in [4.69, 9.17) is 0 Å². The Balaban J connectivity index is 2.39. The molecule has 0 aromatic heterocycles. The first-order valence-corrected chi connectivity index (χ1v) is 5.48. The van der Waals surface area contributed by atoms with Crippen molar-refractivity contribution in [2.24, 2.45) is 5.92 Å². The predicted molar refractivity (Wildman–Crippen MR) is 62.1 cm³/mol. The molecule has 2 heteroatoms. The number of fused-ring (bicyclic) bond motifs is 1. The maximum Gasteiger partial charge on any atom is 0.231 e. The van der Waals surface area contributed by atoms with Crippen molar-refractivity contribution < 1.29 is 4.79 Å². The predicted octanol–water partition coefficient (Wildman–Crippen LogP) is 2.54. The van der Waals surface area contributed by atoms with Crippen LogP contribution in [-0.2, 0) is 11.2 Å². The second kappa shape index (κ2) is 3.69. The van der Waals surface area contributed by atoms with Crippen LogP contribution in [0.15, 0.2) is 18.2 Å². The summed E-state index contributed by atoms with van der Waals surface area (Å²) >= 11 is 0. The van der Waals surface area contributed by atoms with Crippen LogP contribution in [0.4, 0.5) is 5.69 Å². The molecule has 0 aliphatic carbocycles. The zero-order valence-electron chi connectivity index (χ0n) is 9.58. The van der Waals surface area contributed by atoms with Crippen LogP contribution >= 0.6 is 0 Å². The number of carbonyl (C=O) groups is 1. The van der Waals surface area contributed by atoms with Crippen LogP contribution in [-0.4, -0.2) is 12.5 Å². The van der Waals surface area contributed by atoms with Crippen LogP contribution in [0.5, 0.6) is 0 Å². The molecule has 0 fully saturated rings. The zero-order chi connectivity index (χ0) is 11.0. The van der Waals surface area contributed by atoms with Gasteiger partial charge in [0.15, 0.2) is 0 Å². The van der Waals surface area contributed by atoms with Crippen molar-refractivity contribution in [2.45, 2.75) is 27.2 Å². The Morgan fingerprint density at radius 3 is 2.80 bits per heavy atom. The minimum Gasteiger partial charge on any atom is -0.311 e. The molecular formula is C13H17NO. The third kappa shape index (κ3) is 1.76. The molecule has 0 spiro atoms. The van der Waals surface area contributed by atoms with Crippen LogP contribution in [0.25, 0.3) is 0 Å². The van der Waals surface area contributed by atoms with Crippen molar-refractivity contribution in [3.8, 4) is 0 Å². The van der Waals surface area contributed by atoms with Crippen LogP contribution in [0.3, 0.4) is 0 Å². The van der Waals surface area contributed by atoms with Gasteiger partial charge in [0.2, 0.25) is 5.91 Å². The van der Waals surface area contributed by atoms with E-state index in [2.05, 4.69) is 32.9 Å². The summed E-state index contributed by atoms with van der Waals surface area (Å²) in [6.07, 6.45) is 0.573. The van der Waals surface area contributed by atoms with E-state index in [0.29, 0.717) is 12.3 Å². The van der Waals surface area contributed by atoms with Crippen molar-refractivity contribution in [3.63, 3.8) is 0 Å². The first-order valence-electron chi connectivity index (χ1n) is 5.48. The molecule has 0 saturated heterocycles. The average molecular weight is 203 g/mol. The van der Waals surface area contributed by atoms with E-state index >= 15 is 0 Å². The molecule has 1 aromatic carbocycles. The Kier molecular flexibility index (Phi) is 2.51. The molecule has 80 valence electrons. The van der Waals surface area contributed by atoms with Gasteiger partial charge in [-0.05, 0) is 24.0 Å². The van der Waals surface area contributed by atoms with E-state index < -0.39 is 0 Å². The maximum absolute atomic E-state index is 11.8. The summed E-state index contributed by atoms with van der Waals surface area (Å²) in [5, 5.41) is 0. The van der Waals surface area contributed by atoms with Gasteiger partial charge in [-0.25, -0.2) is 0 Å². The fourth-order valence-electron chi connectivity index (χ4n) is 2.19. The van der Waals surface area contributed by atoms with Gasteiger partial charge >= 0.3 is 0 Å². The summed E-state index contributed by atoms with van der Waals surface area (Å²) in [5.41, 5.74) is 3.54. The highest BCUT2D eigenvalue weighted by Gasteiger charge is 2.28. The fourth-order valence-corrected chi connectivity index (χ4v) is 2.19. The minimum atomic E-state index is 0.244. The second-order valence-electron chi connectivity index (χ2n) is 4.66. The molecule has 1 aliphatic rings. The summed E-state index contributed by atoms with van der Waals surface area (Å²) in [7, 11) is 0. The summed E-state index contributed by atoms with van der Waals surface area (Å²) in [4.78, 5) is 13.8. The van der Waals surface area contributed by atoms with Gasteiger partial charge < -0.3 is 4.90 Å². The molecule has 0 saturated carbocycles. The molecule has 1 aliphatic heterocycles. The third-order valence-electron chi connectivity index (χ3n) is 2.78. The van der Waals surface area contributed by atoms with E-state index in [1.54, 1.807) is 0 Å². The number of rotatable bonds is 2. The Morgan fingerprint density at radius 2 is 2.13 bits per heavy atom. The first kappa shape index (κ1) is 10.2. The van der Waals surface area contributed by atoms with Crippen LogP contribution in [0.2, 0.25) is 0 Å². The van der Waals surface area contributed by atoms with Crippen molar-refractivity contribution >= 4 is 11.6 Å². The molecule has 1 heterocycles. The number of aryl methyl sites for hydroxylation is 1. The molecule has 2 nitrogen and oxygen atoms in total. The molecule has 0 N–H and O–H groups in total.